The summed E-state index contributed by atoms with van der Waals surface area (Å²) in [7, 11) is 0. The number of aryl methyl sites for hydroxylation is 1. The SMILES string of the molecule is O=C(O)C1CCc2cccc(Br)c2C12CC2. The number of carboxylic acid groups (broad SMARTS) is 1. The van der Waals surface area contributed by atoms with E-state index < -0.39 is 5.97 Å². The Kier molecular flexibility index (Phi) is 2.15. The minimum atomic E-state index is -0.626. The normalized spacial score (nSPS) is 25.2. The summed E-state index contributed by atoms with van der Waals surface area (Å²) in [6.07, 6.45) is 3.74. The highest BCUT2D eigenvalue weighted by Gasteiger charge is 2.56. The second kappa shape index (κ2) is 3.33. The Morgan fingerprint density at radius 2 is 2.19 bits per heavy atom. The fourth-order valence-electron chi connectivity index (χ4n) is 3.18. The zero-order valence-electron chi connectivity index (χ0n) is 8.87. The van der Waals surface area contributed by atoms with E-state index in [9.17, 15) is 9.90 Å². The first kappa shape index (κ1) is 10.3. The zero-order chi connectivity index (χ0) is 11.3. The number of benzene rings is 1. The second-order valence-corrected chi connectivity index (χ2v) is 5.71. The predicted octanol–water partition coefficient (Wildman–Crippen LogP) is 3.13. The Balaban J connectivity index is 2.15. The van der Waals surface area contributed by atoms with Crippen molar-refractivity contribution in [3.63, 3.8) is 0 Å². The summed E-state index contributed by atoms with van der Waals surface area (Å²) in [6.45, 7) is 0. The Hall–Kier alpha value is -0.830. The van der Waals surface area contributed by atoms with E-state index >= 15 is 0 Å². The molecule has 0 radical (unpaired) electrons. The van der Waals surface area contributed by atoms with Gasteiger partial charge in [-0.25, -0.2) is 0 Å². The zero-order valence-corrected chi connectivity index (χ0v) is 10.5. The quantitative estimate of drug-likeness (QED) is 0.858. The van der Waals surface area contributed by atoms with E-state index in [0.717, 1.165) is 30.2 Å². The van der Waals surface area contributed by atoms with Crippen LogP contribution in [0, 0.1) is 5.92 Å². The van der Waals surface area contributed by atoms with E-state index in [1.54, 1.807) is 0 Å². The van der Waals surface area contributed by atoms with Gasteiger partial charge < -0.3 is 5.11 Å². The van der Waals surface area contributed by atoms with Crippen molar-refractivity contribution in [1.82, 2.24) is 0 Å². The number of hydrogen-bond donors (Lipinski definition) is 1. The molecule has 1 aromatic carbocycles. The van der Waals surface area contributed by atoms with E-state index in [2.05, 4.69) is 22.0 Å². The molecule has 3 rings (SSSR count). The highest BCUT2D eigenvalue weighted by Crippen LogP contribution is 2.60. The van der Waals surface area contributed by atoms with Crippen molar-refractivity contribution in [2.45, 2.75) is 31.1 Å². The number of hydrogen-bond acceptors (Lipinski definition) is 1. The number of aliphatic carboxylic acids is 1. The van der Waals surface area contributed by atoms with Gasteiger partial charge in [-0.05, 0) is 42.9 Å². The van der Waals surface area contributed by atoms with Gasteiger partial charge in [-0.3, -0.25) is 4.79 Å². The van der Waals surface area contributed by atoms with Crippen LogP contribution in [0.3, 0.4) is 0 Å². The van der Waals surface area contributed by atoms with Gasteiger partial charge in [0.1, 0.15) is 0 Å². The van der Waals surface area contributed by atoms with Crippen LogP contribution < -0.4 is 0 Å². The second-order valence-electron chi connectivity index (χ2n) is 4.86. The van der Waals surface area contributed by atoms with Crippen molar-refractivity contribution >= 4 is 21.9 Å². The number of fused-ring (bicyclic) bond motifs is 2. The van der Waals surface area contributed by atoms with Crippen LogP contribution >= 0.6 is 15.9 Å². The smallest absolute Gasteiger partial charge is 0.307 e. The molecule has 0 aliphatic heterocycles. The molecule has 84 valence electrons. The molecule has 2 aliphatic rings. The molecule has 1 N–H and O–H groups in total. The first-order valence-electron chi connectivity index (χ1n) is 5.66. The third kappa shape index (κ3) is 1.27. The summed E-state index contributed by atoms with van der Waals surface area (Å²) >= 11 is 3.58. The van der Waals surface area contributed by atoms with Crippen LogP contribution in [0.4, 0.5) is 0 Å². The van der Waals surface area contributed by atoms with Crippen LogP contribution in [0.15, 0.2) is 22.7 Å². The van der Waals surface area contributed by atoms with Crippen LogP contribution in [-0.4, -0.2) is 11.1 Å². The number of carboxylic acids is 1. The van der Waals surface area contributed by atoms with E-state index in [-0.39, 0.29) is 11.3 Å². The fourth-order valence-corrected chi connectivity index (χ4v) is 3.98. The van der Waals surface area contributed by atoms with E-state index in [1.807, 2.05) is 12.1 Å². The van der Waals surface area contributed by atoms with Crippen molar-refractivity contribution in [1.29, 1.82) is 0 Å². The summed E-state index contributed by atoms with van der Waals surface area (Å²) in [5.41, 5.74) is 2.55. The van der Waals surface area contributed by atoms with Gasteiger partial charge in [0.2, 0.25) is 0 Å². The van der Waals surface area contributed by atoms with Gasteiger partial charge in [0.05, 0.1) is 5.92 Å². The molecule has 0 saturated heterocycles. The number of rotatable bonds is 1. The third-order valence-corrected chi connectivity index (χ3v) is 4.71. The third-order valence-electron chi connectivity index (χ3n) is 4.05. The van der Waals surface area contributed by atoms with Gasteiger partial charge in [-0.15, -0.1) is 0 Å². The lowest BCUT2D eigenvalue weighted by Crippen LogP contribution is -2.33. The molecule has 0 amide bonds. The lowest BCUT2D eigenvalue weighted by molar-refractivity contribution is -0.143. The molecular weight excluding hydrogens is 268 g/mol. The Morgan fingerprint density at radius 1 is 1.44 bits per heavy atom. The van der Waals surface area contributed by atoms with Crippen LogP contribution in [0.1, 0.15) is 30.4 Å². The highest BCUT2D eigenvalue weighted by atomic mass is 79.9. The maximum absolute atomic E-state index is 11.3. The van der Waals surface area contributed by atoms with Gasteiger partial charge in [0.25, 0.3) is 0 Å². The molecule has 1 atom stereocenters. The van der Waals surface area contributed by atoms with E-state index in [4.69, 9.17) is 0 Å². The largest absolute Gasteiger partial charge is 0.481 e. The minimum absolute atomic E-state index is 0.0560. The van der Waals surface area contributed by atoms with Crippen molar-refractivity contribution in [2.75, 3.05) is 0 Å². The molecule has 1 saturated carbocycles. The molecule has 1 unspecified atom stereocenters. The summed E-state index contributed by atoms with van der Waals surface area (Å²) in [5, 5.41) is 9.32. The predicted molar refractivity (Wildman–Crippen MR) is 64.5 cm³/mol. The van der Waals surface area contributed by atoms with Crippen LogP contribution in [0.25, 0.3) is 0 Å². The molecule has 1 aromatic rings. The minimum Gasteiger partial charge on any atom is -0.481 e. The summed E-state index contributed by atoms with van der Waals surface area (Å²) < 4.78 is 1.09. The molecule has 1 spiro atoms. The Bertz CT molecular complexity index is 463. The molecule has 1 fully saturated rings. The van der Waals surface area contributed by atoms with Crippen molar-refractivity contribution < 1.29 is 9.90 Å². The van der Waals surface area contributed by atoms with Gasteiger partial charge in [0.15, 0.2) is 0 Å². The lowest BCUT2D eigenvalue weighted by atomic mass is 9.72. The Morgan fingerprint density at radius 3 is 2.81 bits per heavy atom. The summed E-state index contributed by atoms with van der Waals surface area (Å²) in [5.74, 6) is -0.808. The molecule has 0 heterocycles. The molecule has 0 bridgehead atoms. The molecule has 2 nitrogen and oxygen atoms in total. The van der Waals surface area contributed by atoms with Crippen LogP contribution in [0.2, 0.25) is 0 Å². The monoisotopic (exact) mass is 280 g/mol. The first-order chi connectivity index (χ1) is 7.65. The molecule has 0 aromatic heterocycles. The summed E-state index contributed by atoms with van der Waals surface area (Å²) in [4.78, 5) is 11.3. The summed E-state index contributed by atoms with van der Waals surface area (Å²) in [6, 6.07) is 6.21. The maximum Gasteiger partial charge on any atom is 0.307 e. The van der Waals surface area contributed by atoms with E-state index in [0.29, 0.717) is 0 Å². The van der Waals surface area contributed by atoms with Crippen molar-refractivity contribution in [3.05, 3.63) is 33.8 Å². The lowest BCUT2D eigenvalue weighted by Gasteiger charge is -2.32. The first-order valence-corrected chi connectivity index (χ1v) is 6.45. The van der Waals surface area contributed by atoms with Crippen molar-refractivity contribution in [2.24, 2.45) is 5.92 Å². The topological polar surface area (TPSA) is 37.3 Å². The van der Waals surface area contributed by atoms with Gasteiger partial charge >= 0.3 is 5.97 Å². The Labute approximate surface area is 103 Å². The molecular formula is C13H13BrO2. The molecule has 16 heavy (non-hydrogen) atoms. The number of halogens is 1. The van der Waals surface area contributed by atoms with Crippen LogP contribution in [-0.2, 0) is 16.6 Å². The van der Waals surface area contributed by atoms with Gasteiger partial charge in [0, 0.05) is 9.89 Å². The van der Waals surface area contributed by atoms with Gasteiger partial charge in [-0.2, -0.15) is 0 Å². The average Bonchev–Trinajstić information content (AvgIpc) is 2.99. The number of carbonyl (C=O) groups is 1. The van der Waals surface area contributed by atoms with Crippen molar-refractivity contribution in [3.8, 4) is 0 Å². The standard InChI is InChI=1S/C13H13BrO2/c14-10-3-1-2-8-4-5-9(12(15)16)13(6-7-13)11(8)10/h1-3,9H,4-7H2,(H,15,16). The van der Waals surface area contributed by atoms with Crippen LogP contribution in [0.5, 0.6) is 0 Å². The maximum atomic E-state index is 11.3. The highest BCUT2D eigenvalue weighted by molar-refractivity contribution is 9.10. The molecule has 3 heteroatoms. The van der Waals surface area contributed by atoms with Gasteiger partial charge in [-0.1, -0.05) is 28.1 Å². The fraction of sp³-hybridized carbons (Fsp3) is 0.462. The average molecular weight is 281 g/mol. The van der Waals surface area contributed by atoms with E-state index in [1.165, 1.54) is 11.1 Å². The molecule has 2 aliphatic carbocycles.